The molecule has 1 aliphatic rings. The number of anilines is 1. The smallest absolute Gasteiger partial charge is 0.258 e. The van der Waals surface area contributed by atoms with Crippen molar-refractivity contribution in [2.24, 2.45) is 5.10 Å². The second-order valence-corrected chi connectivity index (χ2v) is 6.16. The van der Waals surface area contributed by atoms with Gasteiger partial charge in [-0.3, -0.25) is 15.1 Å². The van der Waals surface area contributed by atoms with Crippen LogP contribution in [0.25, 0.3) is 0 Å². The highest BCUT2D eigenvalue weighted by Gasteiger charge is 2.29. The van der Waals surface area contributed by atoms with Crippen LogP contribution in [0.2, 0.25) is 0 Å². The molecule has 0 bridgehead atoms. The van der Waals surface area contributed by atoms with Gasteiger partial charge in [0.1, 0.15) is 0 Å². The minimum absolute atomic E-state index is 0.0897. The van der Waals surface area contributed by atoms with Crippen LogP contribution in [0.15, 0.2) is 90.0 Å². The van der Waals surface area contributed by atoms with E-state index in [9.17, 15) is 10.1 Å². The number of non-ortho nitro benzene ring substituents is 1. The lowest BCUT2D eigenvalue weighted by Gasteiger charge is -2.23. The number of hydrogen-bond donors (Lipinski definition) is 0. The predicted octanol–water partition coefficient (Wildman–Crippen LogP) is 4.95. The first-order chi connectivity index (χ1) is 12.7. The van der Waals surface area contributed by atoms with Crippen molar-refractivity contribution in [1.29, 1.82) is 0 Å². The summed E-state index contributed by atoms with van der Waals surface area (Å²) in [4.78, 5) is 10.5. The third-order valence-electron chi connectivity index (χ3n) is 4.53. The first-order valence-electron chi connectivity index (χ1n) is 8.44. The summed E-state index contributed by atoms with van der Waals surface area (Å²) in [5, 5.41) is 17.7. The second kappa shape index (κ2) is 6.80. The van der Waals surface area contributed by atoms with Gasteiger partial charge in [0.15, 0.2) is 0 Å². The fraction of sp³-hybridized carbons (Fsp3) is 0.0952. The standard InChI is InChI=1S/C21H17N3O2/c25-24(26)19-13-11-16(12-14-19)20-15-21(17-7-3-1-4-8-17)23(22-20)18-9-5-2-6-10-18/h1-14,21H,15H2/t21-/m0/s1. The van der Waals surface area contributed by atoms with Gasteiger partial charge in [0, 0.05) is 18.6 Å². The van der Waals surface area contributed by atoms with E-state index < -0.39 is 0 Å². The molecule has 0 saturated heterocycles. The van der Waals surface area contributed by atoms with Crippen LogP contribution in [0.3, 0.4) is 0 Å². The number of hydrogen-bond acceptors (Lipinski definition) is 4. The number of para-hydroxylation sites is 1. The fourth-order valence-electron chi connectivity index (χ4n) is 3.21. The zero-order valence-corrected chi connectivity index (χ0v) is 14.0. The number of nitro groups is 1. The Labute approximate surface area is 151 Å². The Morgan fingerprint density at radius 3 is 2.12 bits per heavy atom. The molecule has 0 N–H and O–H groups in total. The van der Waals surface area contributed by atoms with Gasteiger partial charge in [-0.15, -0.1) is 0 Å². The minimum atomic E-state index is -0.386. The summed E-state index contributed by atoms with van der Waals surface area (Å²) in [6.45, 7) is 0. The summed E-state index contributed by atoms with van der Waals surface area (Å²) in [5.74, 6) is 0. The summed E-state index contributed by atoms with van der Waals surface area (Å²) < 4.78 is 0. The Morgan fingerprint density at radius 1 is 0.885 bits per heavy atom. The Morgan fingerprint density at radius 2 is 1.50 bits per heavy atom. The van der Waals surface area contributed by atoms with Gasteiger partial charge in [-0.1, -0.05) is 48.5 Å². The summed E-state index contributed by atoms with van der Waals surface area (Å²) in [5.41, 5.74) is 4.15. The number of benzene rings is 3. The van der Waals surface area contributed by atoms with E-state index in [1.54, 1.807) is 12.1 Å². The van der Waals surface area contributed by atoms with Crippen LogP contribution in [0.5, 0.6) is 0 Å². The molecule has 3 aromatic rings. The molecule has 0 aliphatic carbocycles. The summed E-state index contributed by atoms with van der Waals surface area (Å²) in [6.07, 6.45) is 0.747. The van der Waals surface area contributed by atoms with Crippen LogP contribution < -0.4 is 5.01 Å². The first-order valence-corrected chi connectivity index (χ1v) is 8.44. The maximum absolute atomic E-state index is 10.9. The molecule has 128 valence electrons. The van der Waals surface area contributed by atoms with Crippen molar-refractivity contribution in [2.45, 2.75) is 12.5 Å². The molecule has 3 aromatic carbocycles. The quantitative estimate of drug-likeness (QED) is 0.497. The van der Waals surface area contributed by atoms with Crippen LogP contribution >= 0.6 is 0 Å². The third kappa shape index (κ3) is 3.07. The Hall–Kier alpha value is -3.47. The second-order valence-electron chi connectivity index (χ2n) is 6.16. The van der Waals surface area contributed by atoms with Gasteiger partial charge in [-0.25, -0.2) is 0 Å². The highest BCUT2D eigenvalue weighted by molar-refractivity contribution is 6.03. The number of rotatable bonds is 4. The average Bonchev–Trinajstić information content (AvgIpc) is 3.15. The Kier molecular flexibility index (Phi) is 4.19. The normalized spacial score (nSPS) is 16.4. The van der Waals surface area contributed by atoms with E-state index >= 15 is 0 Å². The van der Waals surface area contributed by atoms with Crippen molar-refractivity contribution in [1.82, 2.24) is 0 Å². The molecule has 0 unspecified atom stereocenters. The highest BCUT2D eigenvalue weighted by Crippen LogP contribution is 2.36. The van der Waals surface area contributed by atoms with Crippen LogP contribution in [0.4, 0.5) is 11.4 Å². The van der Waals surface area contributed by atoms with E-state index in [-0.39, 0.29) is 16.7 Å². The van der Waals surface area contributed by atoms with E-state index in [4.69, 9.17) is 5.10 Å². The van der Waals surface area contributed by atoms with Crippen LogP contribution in [-0.4, -0.2) is 10.6 Å². The molecule has 0 amide bonds. The summed E-state index contributed by atoms with van der Waals surface area (Å²) in [7, 11) is 0. The Balaban J connectivity index is 1.71. The maximum atomic E-state index is 10.9. The van der Waals surface area contributed by atoms with E-state index in [2.05, 4.69) is 12.1 Å². The molecule has 0 fully saturated rings. The molecule has 0 spiro atoms. The molecule has 5 nitrogen and oxygen atoms in total. The molecule has 1 aliphatic heterocycles. The molecule has 5 heteroatoms. The van der Waals surface area contributed by atoms with E-state index in [1.165, 1.54) is 17.7 Å². The lowest BCUT2D eigenvalue weighted by Crippen LogP contribution is -2.18. The zero-order valence-electron chi connectivity index (χ0n) is 14.0. The lowest BCUT2D eigenvalue weighted by atomic mass is 9.98. The van der Waals surface area contributed by atoms with Crippen molar-refractivity contribution in [3.63, 3.8) is 0 Å². The lowest BCUT2D eigenvalue weighted by molar-refractivity contribution is -0.384. The van der Waals surface area contributed by atoms with Gasteiger partial charge in [0.2, 0.25) is 0 Å². The minimum Gasteiger partial charge on any atom is -0.258 e. The van der Waals surface area contributed by atoms with Crippen molar-refractivity contribution < 1.29 is 4.92 Å². The molecule has 0 aromatic heterocycles. The molecule has 1 atom stereocenters. The van der Waals surface area contributed by atoms with Crippen LogP contribution in [0, 0.1) is 10.1 Å². The molecular formula is C21H17N3O2. The first kappa shape index (κ1) is 16.0. The largest absolute Gasteiger partial charge is 0.269 e. The molecule has 1 heterocycles. The van der Waals surface area contributed by atoms with Crippen LogP contribution in [-0.2, 0) is 0 Å². The number of nitro benzene ring substituents is 1. The van der Waals surface area contributed by atoms with E-state index in [0.717, 1.165) is 23.4 Å². The van der Waals surface area contributed by atoms with E-state index in [1.807, 2.05) is 53.5 Å². The van der Waals surface area contributed by atoms with Gasteiger partial charge in [-0.05, 0) is 35.4 Å². The number of nitrogens with zero attached hydrogens (tertiary/aromatic N) is 3. The maximum Gasteiger partial charge on any atom is 0.269 e. The SMILES string of the molecule is O=[N+]([O-])c1ccc(C2=NN(c3ccccc3)[C@H](c3ccccc3)C2)cc1. The summed E-state index contributed by atoms with van der Waals surface area (Å²) in [6, 6.07) is 27.0. The Bertz CT molecular complexity index is 938. The van der Waals surface area contributed by atoms with Gasteiger partial charge in [0.05, 0.1) is 22.4 Å². The zero-order chi connectivity index (χ0) is 17.9. The van der Waals surface area contributed by atoms with Gasteiger partial charge < -0.3 is 0 Å². The fourth-order valence-corrected chi connectivity index (χ4v) is 3.21. The molecule has 4 rings (SSSR count). The van der Waals surface area contributed by atoms with E-state index in [0.29, 0.717) is 0 Å². The molecular weight excluding hydrogens is 326 g/mol. The monoisotopic (exact) mass is 343 g/mol. The van der Waals surface area contributed by atoms with Gasteiger partial charge in [0.25, 0.3) is 5.69 Å². The molecule has 0 saturated carbocycles. The van der Waals surface area contributed by atoms with Gasteiger partial charge >= 0.3 is 0 Å². The topological polar surface area (TPSA) is 58.7 Å². The predicted molar refractivity (Wildman–Crippen MR) is 102 cm³/mol. The van der Waals surface area contributed by atoms with Gasteiger partial charge in [-0.2, -0.15) is 5.10 Å². The van der Waals surface area contributed by atoms with Crippen molar-refractivity contribution in [2.75, 3.05) is 5.01 Å². The molecule has 0 radical (unpaired) electrons. The number of hydrazone groups is 1. The van der Waals surface area contributed by atoms with Crippen molar-refractivity contribution in [3.05, 3.63) is 106 Å². The molecule has 26 heavy (non-hydrogen) atoms. The highest BCUT2D eigenvalue weighted by atomic mass is 16.6. The van der Waals surface area contributed by atoms with Crippen molar-refractivity contribution >= 4 is 17.1 Å². The van der Waals surface area contributed by atoms with Crippen molar-refractivity contribution in [3.8, 4) is 0 Å². The average molecular weight is 343 g/mol. The summed E-state index contributed by atoms with van der Waals surface area (Å²) >= 11 is 0. The third-order valence-corrected chi connectivity index (χ3v) is 4.53. The van der Waals surface area contributed by atoms with Crippen LogP contribution in [0.1, 0.15) is 23.6 Å².